The molecule has 1 N–H and O–H groups in total. The van der Waals surface area contributed by atoms with Gasteiger partial charge >= 0.3 is 6.09 Å². The molecule has 3 atom stereocenters. The molecule has 0 radical (unpaired) electrons. The summed E-state index contributed by atoms with van der Waals surface area (Å²) in [4.78, 5) is 23.5. The van der Waals surface area contributed by atoms with E-state index in [1.165, 1.54) is 6.33 Å². The van der Waals surface area contributed by atoms with E-state index in [2.05, 4.69) is 15.3 Å². The minimum absolute atomic E-state index is 0.0380. The summed E-state index contributed by atoms with van der Waals surface area (Å²) in [6, 6.07) is 7.02. The molecule has 2 saturated heterocycles. The number of piperidine rings is 1. The van der Waals surface area contributed by atoms with Crippen molar-refractivity contribution in [2.75, 3.05) is 5.32 Å². The first kappa shape index (κ1) is 23.8. The summed E-state index contributed by atoms with van der Waals surface area (Å²) in [6.07, 6.45) is 5.95. The minimum atomic E-state index is -3.21. The molecule has 10 heteroatoms. The summed E-state index contributed by atoms with van der Waals surface area (Å²) >= 11 is 0. The largest absolute Gasteiger partial charge is 0.474 e. The van der Waals surface area contributed by atoms with Crippen molar-refractivity contribution in [3.63, 3.8) is 0 Å². The number of nitrogens with one attached hydrogen (secondary N) is 1. The molecule has 0 spiro atoms. The van der Waals surface area contributed by atoms with Crippen molar-refractivity contribution in [2.24, 2.45) is 0 Å². The summed E-state index contributed by atoms with van der Waals surface area (Å²) in [6.45, 7) is 5.63. The molecule has 1 aromatic carbocycles. The molecular weight excluding hydrogens is 468 g/mol. The Morgan fingerprint density at radius 3 is 2.31 bits per heavy atom. The van der Waals surface area contributed by atoms with Crippen LogP contribution in [0.15, 0.2) is 35.5 Å². The van der Waals surface area contributed by atoms with Crippen molar-refractivity contribution in [3.05, 3.63) is 36.2 Å². The van der Waals surface area contributed by atoms with Crippen molar-refractivity contribution < 1.29 is 22.7 Å². The number of benzene rings is 1. The quantitative estimate of drug-likeness (QED) is 0.596. The van der Waals surface area contributed by atoms with Gasteiger partial charge in [-0.3, -0.25) is 0 Å². The van der Waals surface area contributed by atoms with Crippen molar-refractivity contribution in [1.82, 2.24) is 14.9 Å². The van der Waals surface area contributed by atoms with Crippen molar-refractivity contribution in [1.29, 1.82) is 0 Å². The first-order chi connectivity index (χ1) is 16.7. The van der Waals surface area contributed by atoms with E-state index < -0.39 is 9.84 Å². The average molecular weight is 501 g/mol. The van der Waals surface area contributed by atoms with Crippen LogP contribution in [0, 0.1) is 6.92 Å². The van der Waals surface area contributed by atoms with E-state index in [4.69, 9.17) is 9.47 Å². The van der Waals surface area contributed by atoms with Crippen LogP contribution in [0.25, 0.3) is 0 Å². The van der Waals surface area contributed by atoms with Gasteiger partial charge in [0.2, 0.25) is 5.88 Å². The predicted molar refractivity (Wildman–Crippen MR) is 131 cm³/mol. The van der Waals surface area contributed by atoms with Crippen LogP contribution in [0.4, 0.5) is 16.3 Å². The van der Waals surface area contributed by atoms with E-state index >= 15 is 0 Å². The Morgan fingerprint density at radius 2 is 1.71 bits per heavy atom. The maximum absolute atomic E-state index is 12.5. The molecule has 188 valence electrons. The highest BCUT2D eigenvalue weighted by molar-refractivity contribution is 7.92. The lowest BCUT2D eigenvalue weighted by molar-refractivity contribution is 0.0207. The molecular formula is C25H32N4O5S. The van der Waals surface area contributed by atoms with Crippen LogP contribution in [0.3, 0.4) is 0 Å². The molecule has 5 rings (SSSR count). The highest BCUT2D eigenvalue weighted by Gasteiger charge is 2.45. The standard InChI is InChI=1S/C25H32N4O5S/c1-15(2)33-25(30)29-18-6-7-19(29)13-20(12-18)34-24-16(3)23(26-14-27-24)28-17-4-8-21(9-5-17)35(31,32)22-10-11-22/h4-5,8-9,14-15,18-20,22H,6-7,10-13H2,1-3H3,(H,26,27,28)/t18-,19?,20?/m0/s1. The van der Waals surface area contributed by atoms with Crippen LogP contribution in [0.1, 0.15) is 57.9 Å². The highest BCUT2D eigenvalue weighted by Crippen LogP contribution is 2.38. The fraction of sp³-hybridized carbons (Fsp3) is 0.560. The number of hydrogen-bond donors (Lipinski definition) is 1. The number of anilines is 2. The van der Waals surface area contributed by atoms with Crippen LogP contribution >= 0.6 is 0 Å². The molecule has 1 aromatic heterocycles. The molecule has 1 amide bonds. The third kappa shape index (κ3) is 4.94. The van der Waals surface area contributed by atoms with Gasteiger partial charge in [-0.15, -0.1) is 0 Å². The van der Waals surface area contributed by atoms with Gasteiger partial charge in [0, 0.05) is 30.6 Å². The topological polar surface area (TPSA) is 111 Å². The zero-order valence-corrected chi connectivity index (χ0v) is 21.1. The van der Waals surface area contributed by atoms with E-state index in [-0.39, 0.29) is 35.6 Å². The van der Waals surface area contributed by atoms with E-state index in [0.717, 1.165) is 49.8 Å². The first-order valence-electron chi connectivity index (χ1n) is 12.3. The third-order valence-electron chi connectivity index (χ3n) is 6.96. The Balaban J connectivity index is 1.24. The maximum Gasteiger partial charge on any atom is 0.410 e. The molecule has 1 saturated carbocycles. The van der Waals surface area contributed by atoms with Crippen LogP contribution in [-0.4, -0.2) is 58.9 Å². The van der Waals surface area contributed by atoms with Crippen LogP contribution in [0.2, 0.25) is 0 Å². The first-order valence-corrected chi connectivity index (χ1v) is 13.8. The molecule has 9 nitrogen and oxygen atoms in total. The van der Waals surface area contributed by atoms with Crippen LogP contribution < -0.4 is 10.1 Å². The van der Waals surface area contributed by atoms with Gasteiger partial charge in [-0.1, -0.05) is 0 Å². The fourth-order valence-electron chi connectivity index (χ4n) is 5.06. The number of rotatable bonds is 7. The summed E-state index contributed by atoms with van der Waals surface area (Å²) in [5.74, 6) is 1.12. The van der Waals surface area contributed by atoms with E-state index in [0.29, 0.717) is 16.6 Å². The Morgan fingerprint density at radius 1 is 1.06 bits per heavy atom. The zero-order valence-electron chi connectivity index (χ0n) is 20.3. The van der Waals surface area contributed by atoms with Gasteiger partial charge in [-0.05, 0) is 70.7 Å². The normalized spacial score (nSPS) is 23.9. The van der Waals surface area contributed by atoms with Crippen LogP contribution in [-0.2, 0) is 14.6 Å². The Hall–Kier alpha value is -2.88. The van der Waals surface area contributed by atoms with E-state index in [1.807, 2.05) is 25.7 Å². The second-order valence-electron chi connectivity index (χ2n) is 9.98. The lowest BCUT2D eigenvalue weighted by Gasteiger charge is -2.38. The summed E-state index contributed by atoms with van der Waals surface area (Å²) in [5, 5.41) is 3.02. The monoisotopic (exact) mass is 500 g/mol. The van der Waals surface area contributed by atoms with E-state index in [9.17, 15) is 13.2 Å². The number of carbonyl (C=O) groups is 1. The van der Waals surface area contributed by atoms with Gasteiger partial charge in [0.1, 0.15) is 18.2 Å². The van der Waals surface area contributed by atoms with Gasteiger partial charge < -0.3 is 19.7 Å². The lowest BCUT2D eigenvalue weighted by atomic mass is 10.0. The predicted octanol–water partition coefficient (Wildman–Crippen LogP) is 4.38. The van der Waals surface area contributed by atoms with Gasteiger partial charge in [-0.25, -0.2) is 23.2 Å². The van der Waals surface area contributed by atoms with Crippen molar-refractivity contribution in [2.45, 2.75) is 93.7 Å². The summed E-state index contributed by atoms with van der Waals surface area (Å²) < 4.78 is 36.6. The van der Waals surface area contributed by atoms with Gasteiger partial charge in [0.15, 0.2) is 9.84 Å². The average Bonchev–Trinajstić information content (AvgIpc) is 3.62. The smallest absolute Gasteiger partial charge is 0.410 e. The molecule has 3 heterocycles. The molecule has 3 fully saturated rings. The second kappa shape index (κ2) is 9.29. The van der Waals surface area contributed by atoms with Gasteiger partial charge in [0.25, 0.3) is 0 Å². The minimum Gasteiger partial charge on any atom is -0.474 e. The molecule has 3 aliphatic rings. The van der Waals surface area contributed by atoms with Crippen molar-refractivity contribution in [3.8, 4) is 5.88 Å². The molecule has 1 aliphatic carbocycles. The third-order valence-corrected chi connectivity index (χ3v) is 9.24. The number of aromatic nitrogens is 2. The maximum atomic E-state index is 12.5. The summed E-state index contributed by atoms with van der Waals surface area (Å²) in [7, 11) is -3.21. The van der Waals surface area contributed by atoms with Gasteiger partial charge in [0.05, 0.1) is 21.8 Å². The number of amides is 1. The number of ether oxygens (including phenoxy) is 2. The Labute approximate surface area is 206 Å². The number of fused-ring (bicyclic) bond motifs is 2. The Bertz CT molecular complexity index is 1180. The Kier molecular flexibility index (Phi) is 6.33. The highest BCUT2D eigenvalue weighted by atomic mass is 32.2. The number of nitrogens with zero attached hydrogens (tertiary/aromatic N) is 3. The molecule has 2 unspecified atom stereocenters. The second-order valence-corrected chi connectivity index (χ2v) is 12.2. The number of carbonyl (C=O) groups excluding carboxylic acids is 1. The molecule has 2 bridgehead atoms. The van der Waals surface area contributed by atoms with E-state index in [1.54, 1.807) is 24.3 Å². The molecule has 2 aliphatic heterocycles. The zero-order chi connectivity index (χ0) is 24.7. The summed E-state index contributed by atoms with van der Waals surface area (Å²) in [5.41, 5.74) is 1.51. The number of sulfone groups is 1. The van der Waals surface area contributed by atoms with Gasteiger partial charge in [-0.2, -0.15) is 0 Å². The van der Waals surface area contributed by atoms with Crippen molar-refractivity contribution >= 4 is 27.4 Å². The fourth-order valence-corrected chi connectivity index (χ4v) is 6.71. The molecule has 35 heavy (non-hydrogen) atoms. The SMILES string of the molecule is Cc1c(Nc2ccc(S(=O)(=O)C3CC3)cc2)ncnc1OC1CC2CC[C@@H](C1)N2C(=O)OC(C)C. The number of hydrogen-bond acceptors (Lipinski definition) is 8. The van der Waals surface area contributed by atoms with Crippen LogP contribution in [0.5, 0.6) is 5.88 Å². The lowest BCUT2D eigenvalue weighted by Crippen LogP contribution is -2.50. The molecule has 2 aromatic rings.